The van der Waals surface area contributed by atoms with Gasteiger partial charge < -0.3 is 4.74 Å². The second-order valence-corrected chi connectivity index (χ2v) is 32.5. The highest BCUT2D eigenvalue weighted by atomic mass is 28.4. The molecule has 0 spiro atoms. The monoisotopic (exact) mass is 334 g/mol. The summed E-state index contributed by atoms with van der Waals surface area (Å²) >= 11 is 0. The van der Waals surface area contributed by atoms with Crippen LogP contribution in [0.15, 0.2) is 0 Å². The Morgan fingerprint density at radius 2 is 0.579 bits per heavy atom. The number of ether oxygens (including phenoxy) is 1. The summed E-state index contributed by atoms with van der Waals surface area (Å²) < 4.78 is 6.96. The average Bonchev–Trinajstić information content (AvgIpc) is 1.91. The first-order valence-electron chi connectivity index (χ1n) is 7.63. The van der Waals surface area contributed by atoms with Crippen LogP contribution in [-0.4, -0.2) is 43.0 Å². The van der Waals surface area contributed by atoms with E-state index in [0.717, 1.165) is 0 Å². The van der Waals surface area contributed by atoms with Gasteiger partial charge in [0.15, 0.2) is 0 Å². The fourth-order valence-electron chi connectivity index (χ4n) is 3.55. The molecule has 0 aliphatic rings. The fourth-order valence-corrected chi connectivity index (χ4v) is 27.1. The van der Waals surface area contributed by atoms with Gasteiger partial charge in [0.2, 0.25) is 0 Å². The quantitative estimate of drug-likeness (QED) is 0.603. The lowest BCUT2D eigenvalue weighted by Crippen LogP contribution is -2.64. The third kappa shape index (κ3) is 6.42. The van der Waals surface area contributed by atoms with E-state index in [1.165, 1.54) is 0 Å². The third-order valence-corrected chi connectivity index (χ3v) is 20.6. The zero-order chi connectivity index (χ0) is 15.9. The van der Waals surface area contributed by atoms with Gasteiger partial charge in [-0.25, -0.2) is 0 Å². The predicted octanol–water partition coefficient (Wildman–Crippen LogP) is 5.25. The molecule has 0 amide bonds. The Morgan fingerprint density at radius 1 is 0.421 bits per heavy atom. The van der Waals surface area contributed by atoms with Crippen molar-refractivity contribution in [3.8, 4) is 0 Å². The SMILES string of the molecule is C[Si](C)(C)C(OC([Si](C)(C)C)[Si](C)(C)C)[Si](C)(C)C. The molecule has 0 aromatic rings. The van der Waals surface area contributed by atoms with Crippen molar-refractivity contribution in [1.29, 1.82) is 0 Å². The summed E-state index contributed by atoms with van der Waals surface area (Å²) in [7, 11) is -5.03. The smallest absolute Gasteiger partial charge is 0.0745 e. The van der Waals surface area contributed by atoms with Gasteiger partial charge in [-0.1, -0.05) is 78.6 Å². The lowest BCUT2D eigenvalue weighted by Gasteiger charge is -2.47. The molecule has 0 aromatic carbocycles. The molecule has 0 aromatic heterocycles. The molecular weight excluding hydrogens is 296 g/mol. The molecule has 0 atom stereocenters. The van der Waals surface area contributed by atoms with E-state index >= 15 is 0 Å². The first-order chi connectivity index (χ1) is 7.97. The molecule has 0 aliphatic heterocycles. The van der Waals surface area contributed by atoms with E-state index in [1.807, 2.05) is 0 Å². The Kier molecular flexibility index (Phi) is 6.16. The molecule has 0 saturated carbocycles. The minimum absolute atomic E-state index is 0.587. The highest BCUT2D eigenvalue weighted by Gasteiger charge is 2.46. The third-order valence-electron chi connectivity index (χ3n) is 3.42. The van der Waals surface area contributed by atoms with Crippen molar-refractivity contribution >= 4 is 32.3 Å². The lowest BCUT2D eigenvalue weighted by molar-refractivity contribution is 0.148. The van der Waals surface area contributed by atoms with Crippen LogP contribution in [0.4, 0.5) is 0 Å². The van der Waals surface area contributed by atoms with Gasteiger partial charge >= 0.3 is 0 Å². The Hall–Kier alpha value is 0.828. The molecule has 116 valence electrons. The molecule has 19 heavy (non-hydrogen) atoms. The van der Waals surface area contributed by atoms with Gasteiger partial charge in [-0.2, -0.15) is 0 Å². The molecule has 0 unspecified atom stereocenters. The Labute approximate surface area is 126 Å². The van der Waals surface area contributed by atoms with Gasteiger partial charge in [0.25, 0.3) is 0 Å². The molecule has 0 saturated heterocycles. The Bertz CT molecular complexity index is 231. The van der Waals surface area contributed by atoms with Gasteiger partial charge in [-0.15, -0.1) is 0 Å². The van der Waals surface area contributed by atoms with E-state index in [9.17, 15) is 0 Å². The van der Waals surface area contributed by atoms with Gasteiger partial charge in [0.1, 0.15) is 0 Å². The highest BCUT2D eigenvalue weighted by Crippen LogP contribution is 2.30. The minimum atomic E-state index is -1.26. The van der Waals surface area contributed by atoms with Crippen LogP contribution in [0, 0.1) is 0 Å². The topological polar surface area (TPSA) is 9.23 Å². The lowest BCUT2D eigenvalue weighted by atomic mass is 11.4. The zero-order valence-corrected chi connectivity index (χ0v) is 19.6. The standard InChI is InChI=1S/C14H38OSi4/c1-16(2,3)13(17(4,5)6)15-14(18(7,8)9)19(10,11)12/h13-14H,1-12H3. The van der Waals surface area contributed by atoms with Crippen molar-refractivity contribution in [2.24, 2.45) is 0 Å². The second-order valence-electron chi connectivity index (χ2n) is 10.4. The van der Waals surface area contributed by atoms with Gasteiger partial charge in [-0.05, 0) is 0 Å². The number of hydrogen-bond donors (Lipinski definition) is 0. The Morgan fingerprint density at radius 3 is 0.684 bits per heavy atom. The molecular formula is C14H38OSi4. The number of hydrogen-bond acceptors (Lipinski definition) is 1. The first kappa shape index (κ1) is 19.8. The molecule has 0 fully saturated rings. The van der Waals surface area contributed by atoms with Crippen LogP contribution >= 0.6 is 0 Å². The maximum absolute atomic E-state index is 6.96. The summed E-state index contributed by atoms with van der Waals surface area (Å²) in [5.41, 5.74) is 0. The fraction of sp³-hybridized carbons (Fsp3) is 1.00. The van der Waals surface area contributed by atoms with E-state index in [-0.39, 0.29) is 0 Å². The first-order valence-corrected chi connectivity index (χ1v) is 21.9. The second kappa shape index (κ2) is 5.91. The van der Waals surface area contributed by atoms with Crippen LogP contribution in [0.2, 0.25) is 78.6 Å². The van der Waals surface area contributed by atoms with Crippen molar-refractivity contribution in [2.75, 3.05) is 0 Å². The maximum atomic E-state index is 6.96. The molecule has 0 bridgehead atoms. The normalized spacial score (nSPS) is 15.5. The zero-order valence-electron chi connectivity index (χ0n) is 15.6. The van der Waals surface area contributed by atoms with Crippen LogP contribution in [0.25, 0.3) is 0 Å². The van der Waals surface area contributed by atoms with Crippen LogP contribution in [0.3, 0.4) is 0 Å². The van der Waals surface area contributed by atoms with E-state index in [0.29, 0.717) is 10.7 Å². The molecule has 0 radical (unpaired) electrons. The van der Waals surface area contributed by atoms with E-state index in [2.05, 4.69) is 78.6 Å². The van der Waals surface area contributed by atoms with Crippen LogP contribution < -0.4 is 0 Å². The molecule has 0 aliphatic carbocycles. The van der Waals surface area contributed by atoms with Gasteiger partial charge in [0.05, 0.1) is 32.3 Å². The van der Waals surface area contributed by atoms with Crippen molar-refractivity contribution in [3.63, 3.8) is 0 Å². The van der Waals surface area contributed by atoms with E-state index in [1.54, 1.807) is 0 Å². The summed E-state index contributed by atoms with van der Waals surface area (Å²) in [5.74, 6) is 0. The number of rotatable bonds is 6. The maximum Gasteiger partial charge on any atom is 0.0745 e. The molecule has 0 N–H and O–H groups in total. The molecule has 1 nitrogen and oxygen atoms in total. The van der Waals surface area contributed by atoms with Crippen molar-refractivity contribution in [3.05, 3.63) is 0 Å². The summed E-state index contributed by atoms with van der Waals surface area (Å²) in [6.45, 7) is 29.9. The van der Waals surface area contributed by atoms with E-state index in [4.69, 9.17) is 4.74 Å². The van der Waals surface area contributed by atoms with Crippen LogP contribution in [0.1, 0.15) is 0 Å². The predicted molar refractivity (Wildman–Crippen MR) is 102 cm³/mol. The van der Waals surface area contributed by atoms with Gasteiger partial charge in [-0.3, -0.25) is 0 Å². The van der Waals surface area contributed by atoms with Crippen molar-refractivity contribution in [2.45, 2.75) is 89.3 Å². The minimum Gasteiger partial charge on any atom is -0.388 e. The molecule has 0 heterocycles. The average molecular weight is 335 g/mol. The van der Waals surface area contributed by atoms with Gasteiger partial charge in [0, 0.05) is 10.7 Å². The summed E-state index contributed by atoms with van der Waals surface area (Å²) in [5, 5.41) is 1.17. The van der Waals surface area contributed by atoms with Crippen LogP contribution in [0.5, 0.6) is 0 Å². The van der Waals surface area contributed by atoms with E-state index < -0.39 is 32.3 Å². The summed E-state index contributed by atoms with van der Waals surface area (Å²) in [6, 6.07) is 0. The van der Waals surface area contributed by atoms with Crippen LogP contribution in [-0.2, 0) is 4.74 Å². The summed E-state index contributed by atoms with van der Waals surface area (Å²) in [6.07, 6.45) is 0. The van der Waals surface area contributed by atoms with Crippen molar-refractivity contribution < 1.29 is 4.74 Å². The molecule has 0 rings (SSSR count). The highest BCUT2D eigenvalue weighted by molar-refractivity contribution is 6.98. The van der Waals surface area contributed by atoms with Crippen molar-refractivity contribution in [1.82, 2.24) is 0 Å². The summed E-state index contributed by atoms with van der Waals surface area (Å²) in [4.78, 5) is 0. The Balaban J connectivity index is 5.43. The largest absolute Gasteiger partial charge is 0.388 e. The molecule has 5 heteroatoms.